The zero-order chi connectivity index (χ0) is 17.5. The Balaban J connectivity index is 1.46. The highest BCUT2D eigenvalue weighted by Gasteiger charge is 2.20. The van der Waals surface area contributed by atoms with E-state index in [4.69, 9.17) is 0 Å². The van der Waals surface area contributed by atoms with Crippen molar-refractivity contribution < 1.29 is 0 Å². The number of hydrogen-bond donors (Lipinski definition) is 1. The zero-order valence-electron chi connectivity index (χ0n) is 15.6. The zero-order valence-corrected chi connectivity index (χ0v) is 15.6. The van der Waals surface area contributed by atoms with Gasteiger partial charge in [-0.05, 0) is 49.1 Å². The van der Waals surface area contributed by atoms with Crippen LogP contribution in [-0.4, -0.2) is 23.0 Å². The maximum Gasteiger partial charge on any atom is 0.0543 e. The van der Waals surface area contributed by atoms with E-state index in [9.17, 15) is 0 Å². The molecule has 0 aliphatic heterocycles. The molecule has 2 atom stereocenters. The lowest BCUT2D eigenvalue weighted by molar-refractivity contribution is 0.279. The largest absolute Gasteiger partial charge is 0.310 e. The van der Waals surface area contributed by atoms with Gasteiger partial charge in [-0.25, -0.2) is 0 Å². The van der Waals surface area contributed by atoms with Crippen LogP contribution in [0, 0.1) is 5.92 Å². The average molecular weight is 338 g/mol. The lowest BCUT2D eigenvalue weighted by Crippen LogP contribution is -2.36. The number of rotatable bonds is 7. The van der Waals surface area contributed by atoms with E-state index in [0.717, 1.165) is 31.2 Å². The molecule has 2 unspecified atom stereocenters. The van der Waals surface area contributed by atoms with E-state index in [1.807, 2.05) is 18.3 Å². The second-order valence-electron chi connectivity index (χ2n) is 7.56. The molecule has 1 N–H and O–H groups in total. The molecule has 1 aliphatic carbocycles. The molecule has 1 saturated carbocycles. The third-order valence-electron chi connectivity index (χ3n) is 5.31. The molecule has 0 bridgehead atoms. The molecule has 134 valence electrons. The molecule has 1 aromatic carbocycles. The molecule has 3 nitrogen and oxygen atoms in total. The minimum Gasteiger partial charge on any atom is -0.310 e. The molecule has 1 heterocycles. The van der Waals surface area contributed by atoms with Gasteiger partial charge in [0.05, 0.1) is 5.69 Å². The molecule has 0 spiro atoms. The quantitative estimate of drug-likeness (QED) is 0.812. The molecule has 0 amide bonds. The van der Waals surface area contributed by atoms with E-state index in [1.54, 1.807) is 0 Å². The number of benzene rings is 1. The van der Waals surface area contributed by atoms with Gasteiger partial charge >= 0.3 is 0 Å². The van der Waals surface area contributed by atoms with Gasteiger partial charge in [-0.2, -0.15) is 0 Å². The predicted octanol–water partition coefficient (Wildman–Crippen LogP) is 4.38. The van der Waals surface area contributed by atoms with Gasteiger partial charge in [0.1, 0.15) is 0 Å². The highest BCUT2D eigenvalue weighted by atomic mass is 15.1. The molecule has 1 aromatic heterocycles. The molecule has 1 fully saturated rings. The monoisotopic (exact) mass is 337 g/mol. The number of pyridine rings is 1. The lowest BCUT2D eigenvalue weighted by Gasteiger charge is -2.29. The molecular weight excluding hydrogens is 306 g/mol. The smallest absolute Gasteiger partial charge is 0.0543 e. The predicted molar refractivity (Wildman–Crippen MR) is 104 cm³/mol. The van der Waals surface area contributed by atoms with Gasteiger partial charge in [0.2, 0.25) is 0 Å². The van der Waals surface area contributed by atoms with Crippen LogP contribution < -0.4 is 5.32 Å². The molecule has 1 aliphatic rings. The summed E-state index contributed by atoms with van der Waals surface area (Å²) in [6.45, 7) is 5.20. The van der Waals surface area contributed by atoms with Crippen molar-refractivity contribution in [1.82, 2.24) is 15.2 Å². The average Bonchev–Trinajstić information content (AvgIpc) is 2.63. The van der Waals surface area contributed by atoms with Gasteiger partial charge < -0.3 is 5.32 Å². The Hall–Kier alpha value is -1.71. The molecular formula is C22H31N3. The van der Waals surface area contributed by atoms with Crippen LogP contribution in [0.25, 0.3) is 0 Å². The Labute approximate surface area is 152 Å². The van der Waals surface area contributed by atoms with Gasteiger partial charge in [0.25, 0.3) is 0 Å². The maximum absolute atomic E-state index is 4.40. The normalized spacial score (nSPS) is 20.8. The van der Waals surface area contributed by atoms with Crippen LogP contribution in [0.2, 0.25) is 0 Å². The van der Waals surface area contributed by atoms with Crippen molar-refractivity contribution in [1.29, 1.82) is 0 Å². The summed E-state index contributed by atoms with van der Waals surface area (Å²) in [5.41, 5.74) is 3.86. The van der Waals surface area contributed by atoms with Crippen molar-refractivity contribution in [3.05, 3.63) is 65.5 Å². The minimum atomic E-state index is 0.693. The first-order chi connectivity index (χ1) is 12.2. The highest BCUT2D eigenvalue weighted by Crippen LogP contribution is 2.24. The van der Waals surface area contributed by atoms with E-state index in [1.165, 1.54) is 36.8 Å². The fourth-order valence-corrected chi connectivity index (χ4v) is 3.77. The van der Waals surface area contributed by atoms with Gasteiger partial charge in [-0.1, -0.05) is 50.1 Å². The third-order valence-corrected chi connectivity index (χ3v) is 5.31. The summed E-state index contributed by atoms with van der Waals surface area (Å²) in [5, 5.41) is 3.76. The highest BCUT2D eigenvalue weighted by molar-refractivity contribution is 5.22. The van der Waals surface area contributed by atoms with Gasteiger partial charge in [-0.3, -0.25) is 9.88 Å². The van der Waals surface area contributed by atoms with Gasteiger partial charge in [0.15, 0.2) is 0 Å². The number of nitrogens with zero attached hydrogens (tertiary/aromatic N) is 2. The van der Waals surface area contributed by atoms with E-state index < -0.39 is 0 Å². The van der Waals surface area contributed by atoms with Crippen LogP contribution in [0.5, 0.6) is 0 Å². The Morgan fingerprint density at radius 1 is 1.00 bits per heavy atom. The van der Waals surface area contributed by atoms with Crippen molar-refractivity contribution >= 4 is 0 Å². The molecule has 0 saturated heterocycles. The molecule has 0 radical (unpaired) electrons. The fraction of sp³-hybridized carbons (Fsp3) is 0.500. The summed E-state index contributed by atoms with van der Waals surface area (Å²) in [4.78, 5) is 6.70. The second kappa shape index (κ2) is 9.12. The minimum absolute atomic E-state index is 0.693. The van der Waals surface area contributed by atoms with Gasteiger partial charge in [0, 0.05) is 31.9 Å². The Morgan fingerprint density at radius 2 is 1.76 bits per heavy atom. The van der Waals surface area contributed by atoms with Gasteiger partial charge in [-0.15, -0.1) is 0 Å². The summed E-state index contributed by atoms with van der Waals surface area (Å²) in [5.74, 6) is 0.813. The Bertz CT molecular complexity index is 623. The third kappa shape index (κ3) is 5.65. The molecule has 2 aromatic rings. The maximum atomic E-state index is 4.40. The Morgan fingerprint density at radius 3 is 2.48 bits per heavy atom. The van der Waals surface area contributed by atoms with Crippen LogP contribution in [0.1, 0.15) is 49.4 Å². The first-order valence-corrected chi connectivity index (χ1v) is 9.60. The second-order valence-corrected chi connectivity index (χ2v) is 7.56. The van der Waals surface area contributed by atoms with Crippen molar-refractivity contribution in [2.24, 2.45) is 5.92 Å². The number of nitrogens with one attached hydrogen (secondary N) is 1. The van der Waals surface area contributed by atoms with E-state index in [0.29, 0.717) is 6.04 Å². The first kappa shape index (κ1) is 18.1. The number of aromatic nitrogens is 1. The van der Waals surface area contributed by atoms with Crippen LogP contribution >= 0.6 is 0 Å². The van der Waals surface area contributed by atoms with Crippen LogP contribution in [0.4, 0.5) is 0 Å². The summed E-state index contributed by atoms with van der Waals surface area (Å²) < 4.78 is 0. The SMILES string of the molecule is CC1CCCCC1NCc1ccc(CN(C)Cc2ccccn2)cc1. The summed E-state index contributed by atoms with van der Waals surface area (Å²) in [6.07, 6.45) is 7.35. The van der Waals surface area contributed by atoms with Crippen LogP contribution in [0.15, 0.2) is 48.7 Å². The van der Waals surface area contributed by atoms with Crippen LogP contribution in [-0.2, 0) is 19.6 Å². The van der Waals surface area contributed by atoms with Crippen molar-refractivity contribution in [3.63, 3.8) is 0 Å². The van der Waals surface area contributed by atoms with Crippen molar-refractivity contribution in [3.8, 4) is 0 Å². The van der Waals surface area contributed by atoms with E-state index in [-0.39, 0.29) is 0 Å². The summed E-state index contributed by atoms with van der Waals surface area (Å²) in [7, 11) is 2.15. The van der Waals surface area contributed by atoms with E-state index >= 15 is 0 Å². The topological polar surface area (TPSA) is 28.2 Å². The molecule has 3 rings (SSSR count). The Kier molecular flexibility index (Phi) is 6.60. The first-order valence-electron chi connectivity index (χ1n) is 9.60. The standard InChI is InChI=1S/C22H31N3/c1-18-7-3-4-9-22(18)24-15-19-10-12-20(13-11-19)16-25(2)17-21-8-5-6-14-23-21/h5-6,8,10-14,18,22,24H,3-4,7,9,15-17H2,1-2H3. The molecule has 3 heteroatoms. The van der Waals surface area contributed by atoms with Crippen LogP contribution in [0.3, 0.4) is 0 Å². The lowest BCUT2D eigenvalue weighted by atomic mass is 9.86. The van der Waals surface area contributed by atoms with Crippen molar-refractivity contribution in [2.75, 3.05) is 7.05 Å². The van der Waals surface area contributed by atoms with E-state index in [2.05, 4.69) is 59.5 Å². The number of hydrogen-bond acceptors (Lipinski definition) is 3. The fourth-order valence-electron chi connectivity index (χ4n) is 3.77. The summed E-state index contributed by atoms with van der Waals surface area (Å²) >= 11 is 0. The summed E-state index contributed by atoms with van der Waals surface area (Å²) in [6, 6.07) is 15.8. The van der Waals surface area contributed by atoms with Crippen molar-refractivity contribution in [2.45, 2.75) is 58.3 Å². The molecule has 25 heavy (non-hydrogen) atoms.